The van der Waals surface area contributed by atoms with Gasteiger partial charge in [-0.2, -0.15) is 0 Å². The van der Waals surface area contributed by atoms with E-state index in [1.165, 1.54) is 17.7 Å². The molecule has 0 bridgehead atoms. The van der Waals surface area contributed by atoms with E-state index in [1.54, 1.807) is 0 Å². The van der Waals surface area contributed by atoms with Crippen molar-refractivity contribution >= 4 is 12.2 Å². The topological polar surface area (TPSA) is 48.6 Å². The Kier molecular flexibility index (Phi) is 5.72. The molecule has 6 heteroatoms. The van der Waals surface area contributed by atoms with E-state index in [4.69, 9.17) is 12.2 Å². The molecular formula is C23H22F2N2OS. The van der Waals surface area contributed by atoms with Crippen molar-refractivity contribution in [2.75, 3.05) is 0 Å². The van der Waals surface area contributed by atoms with Gasteiger partial charge >= 0.3 is 0 Å². The molecule has 0 unspecified atom stereocenters. The van der Waals surface area contributed by atoms with Crippen molar-refractivity contribution in [3.8, 4) is 0 Å². The van der Waals surface area contributed by atoms with E-state index < -0.39 is 11.6 Å². The molecule has 3 nitrogen and oxygen atoms in total. The zero-order chi connectivity index (χ0) is 20.4. The summed E-state index contributed by atoms with van der Waals surface area (Å²) in [5.74, 6) is -0.606. The van der Waals surface area contributed by atoms with Crippen LogP contribution in [0.1, 0.15) is 59.9 Å². The molecule has 3 aromatic rings. The van der Waals surface area contributed by atoms with Gasteiger partial charge in [0.2, 0.25) is 0 Å². The standard InChI is InChI=1S/C23H22F2N2OS/c24-18-11-10-17(20(25)13-18)12-19-21(26-23(29)27-22(19)28)16-8-6-15(7-9-16)14-4-2-1-3-5-14/h1-5,10-11,13,15-16H,6-9,12H2,(H2,26,27,28,29). The van der Waals surface area contributed by atoms with Gasteiger partial charge in [-0.1, -0.05) is 36.4 Å². The molecule has 0 atom stereocenters. The van der Waals surface area contributed by atoms with E-state index in [0.29, 0.717) is 17.0 Å². The van der Waals surface area contributed by atoms with E-state index in [0.717, 1.165) is 37.4 Å². The molecule has 1 fully saturated rings. The van der Waals surface area contributed by atoms with Crippen LogP contribution in [0.2, 0.25) is 0 Å². The van der Waals surface area contributed by atoms with Gasteiger partial charge in [-0.3, -0.25) is 9.78 Å². The third-order valence-corrected chi connectivity index (χ3v) is 6.07. The Morgan fingerprint density at radius 3 is 2.31 bits per heavy atom. The Balaban J connectivity index is 1.61. The Morgan fingerprint density at radius 2 is 1.62 bits per heavy atom. The Bertz CT molecular complexity index is 1120. The number of hydrogen-bond donors (Lipinski definition) is 2. The van der Waals surface area contributed by atoms with Crippen molar-refractivity contribution in [1.29, 1.82) is 0 Å². The van der Waals surface area contributed by atoms with Crippen molar-refractivity contribution in [2.45, 2.75) is 43.9 Å². The molecule has 1 aliphatic rings. The van der Waals surface area contributed by atoms with Gasteiger partial charge in [0.15, 0.2) is 4.77 Å². The first-order chi connectivity index (χ1) is 14.0. The van der Waals surface area contributed by atoms with Crippen LogP contribution in [0, 0.1) is 16.4 Å². The molecule has 0 aliphatic heterocycles. The third-order valence-electron chi connectivity index (χ3n) is 5.86. The highest BCUT2D eigenvalue weighted by atomic mass is 32.1. The Morgan fingerprint density at radius 1 is 0.931 bits per heavy atom. The lowest BCUT2D eigenvalue weighted by Gasteiger charge is -2.29. The van der Waals surface area contributed by atoms with Crippen molar-refractivity contribution < 1.29 is 8.78 Å². The summed E-state index contributed by atoms with van der Waals surface area (Å²) in [5.41, 5.74) is 2.60. The van der Waals surface area contributed by atoms with Crippen LogP contribution in [-0.2, 0) is 6.42 Å². The second-order valence-corrected chi connectivity index (χ2v) is 8.08. The van der Waals surface area contributed by atoms with Gasteiger partial charge < -0.3 is 4.98 Å². The summed E-state index contributed by atoms with van der Waals surface area (Å²) in [5, 5.41) is 0. The zero-order valence-electron chi connectivity index (χ0n) is 15.9. The average Bonchev–Trinajstić information content (AvgIpc) is 2.72. The van der Waals surface area contributed by atoms with Crippen LogP contribution in [0.5, 0.6) is 0 Å². The fourth-order valence-corrected chi connectivity index (χ4v) is 4.55. The molecule has 2 N–H and O–H groups in total. The minimum absolute atomic E-state index is 0.0987. The molecule has 0 amide bonds. The molecule has 0 saturated heterocycles. The van der Waals surface area contributed by atoms with Crippen LogP contribution < -0.4 is 5.56 Å². The third kappa shape index (κ3) is 4.37. The highest BCUT2D eigenvalue weighted by Gasteiger charge is 2.27. The first kappa shape index (κ1) is 19.7. The number of rotatable bonds is 4. The van der Waals surface area contributed by atoms with Crippen LogP contribution >= 0.6 is 12.2 Å². The van der Waals surface area contributed by atoms with Gasteiger partial charge in [0.25, 0.3) is 5.56 Å². The summed E-state index contributed by atoms with van der Waals surface area (Å²) < 4.78 is 27.7. The molecule has 2 aromatic carbocycles. The van der Waals surface area contributed by atoms with Crippen molar-refractivity contribution in [2.24, 2.45) is 0 Å². The van der Waals surface area contributed by atoms with Crippen LogP contribution in [0.3, 0.4) is 0 Å². The van der Waals surface area contributed by atoms with E-state index in [2.05, 4.69) is 34.2 Å². The van der Waals surface area contributed by atoms with Crippen molar-refractivity contribution in [3.63, 3.8) is 0 Å². The van der Waals surface area contributed by atoms with Gasteiger partial charge in [-0.25, -0.2) is 8.78 Å². The molecular weight excluding hydrogens is 390 g/mol. The summed E-state index contributed by atoms with van der Waals surface area (Å²) in [6, 6.07) is 13.9. The van der Waals surface area contributed by atoms with Gasteiger partial charge in [0.1, 0.15) is 11.6 Å². The number of aromatic nitrogens is 2. The molecule has 1 aromatic heterocycles. The van der Waals surface area contributed by atoms with Crippen LogP contribution in [0.4, 0.5) is 8.78 Å². The summed E-state index contributed by atoms with van der Waals surface area (Å²) in [6.45, 7) is 0. The maximum Gasteiger partial charge on any atom is 0.255 e. The summed E-state index contributed by atoms with van der Waals surface area (Å²) in [6.07, 6.45) is 3.99. The number of H-pyrrole nitrogens is 2. The summed E-state index contributed by atoms with van der Waals surface area (Å²) in [4.78, 5) is 18.4. The number of aromatic amines is 2. The van der Waals surface area contributed by atoms with Gasteiger partial charge in [0.05, 0.1) is 0 Å². The maximum absolute atomic E-state index is 14.2. The first-order valence-electron chi connectivity index (χ1n) is 9.85. The quantitative estimate of drug-likeness (QED) is 0.537. The van der Waals surface area contributed by atoms with E-state index in [1.807, 2.05) is 6.07 Å². The van der Waals surface area contributed by atoms with E-state index in [-0.39, 0.29) is 22.7 Å². The van der Waals surface area contributed by atoms with E-state index >= 15 is 0 Å². The molecule has 1 heterocycles. The van der Waals surface area contributed by atoms with Crippen molar-refractivity contribution in [1.82, 2.24) is 9.97 Å². The number of hydrogen-bond acceptors (Lipinski definition) is 2. The highest BCUT2D eigenvalue weighted by molar-refractivity contribution is 7.71. The van der Waals surface area contributed by atoms with Gasteiger partial charge in [-0.05, 0) is 66.9 Å². The zero-order valence-corrected chi connectivity index (χ0v) is 16.7. The normalized spacial score (nSPS) is 19.2. The summed E-state index contributed by atoms with van der Waals surface area (Å²) >= 11 is 5.19. The molecule has 0 radical (unpaired) electrons. The largest absolute Gasteiger partial charge is 0.335 e. The van der Waals surface area contributed by atoms with Crippen LogP contribution in [-0.4, -0.2) is 9.97 Å². The smallest absolute Gasteiger partial charge is 0.255 e. The monoisotopic (exact) mass is 412 g/mol. The molecule has 29 heavy (non-hydrogen) atoms. The van der Waals surface area contributed by atoms with Crippen LogP contribution in [0.25, 0.3) is 0 Å². The lowest BCUT2D eigenvalue weighted by atomic mass is 9.76. The average molecular weight is 413 g/mol. The fourth-order valence-electron chi connectivity index (χ4n) is 4.35. The number of benzene rings is 2. The summed E-state index contributed by atoms with van der Waals surface area (Å²) in [7, 11) is 0. The highest BCUT2D eigenvalue weighted by Crippen LogP contribution is 2.40. The first-order valence-corrected chi connectivity index (χ1v) is 10.3. The minimum Gasteiger partial charge on any atom is -0.335 e. The maximum atomic E-state index is 14.2. The Hall–Kier alpha value is -2.60. The number of nitrogens with one attached hydrogen (secondary N) is 2. The predicted octanol–water partition coefficient (Wildman–Crippen LogP) is 5.74. The lowest BCUT2D eigenvalue weighted by molar-refractivity contribution is 0.389. The molecule has 1 saturated carbocycles. The Labute approximate surface area is 172 Å². The van der Waals surface area contributed by atoms with Crippen LogP contribution in [0.15, 0.2) is 53.3 Å². The van der Waals surface area contributed by atoms with E-state index in [9.17, 15) is 13.6 Å². The molecule has 150 valence electrons. The molecule has 1 aliphatic carbocycles. The van der Waals surface area contributed by atoms with Gasteiger partial charge in [0, 0.05) is 23.7 Å². The fraction of sp³-hybridized carbons (Fsp3) is 0.304. The van der Waals surface area contributed by atoms with Gasteiger partial charge in [-0.15, -0.1) is 0 Å². The minimum atomic E-state index is -0.648. The second-order valence-electron chi connectivity index (χ2n) is 7.67. The number of halogens is 2. The molecule has 4 rings (SSSR count). The second kappa shape index (κ2) is 8.41. The lowest BCUT2D eigenvalue weighted by Crippen LogP contribution is -2.23. The predicted molar refractivity (Wildman–Crippen MR) is 112 cm³/mol. The van der Waals surface area contributed by atoms with Crippen molar-refractivity contribution in [3.05, 3.63) is 97.7 Å². The molecule has 0 spiro atoms. The SMILES string of the molecule is O=c1[nH]c(=S)[nH]c(C2CCC(c3ccccc3)CC2)c1Cc1ccc(F)cc1F.